The lowest BCUT2D eigenvalue weighted by atomic mass is 9.99. The van der Waals surface area contributed by atoms with E-state index >= 15 is 0 Å². The number of hydrogen-bond donors (Lipinski definition) is 0. The SMILES string of the molecule is Cc1ccccc1C(=O)Cc1cc(F)ccc1Cl. The first-order chi connectivity index (χ1) is 8.58. The number of benzene rings is 2. The Balaban J connectivity index is 2.27. The zero-order valence-corrected chi connectivity index (χ0v) is 10.7. The lowest BCUT2D eigenvalue weighted by Crippen LogP contribution is -2.06. The summed E-state index contributed by atoms with van der Waals surface area (Å²) >= 11 is 5.95. The van der Waals surface area contributed by atoms with Gasteiger partial charge in [0.25, 0.3) is 0 Å². The highest BCUT2D eigenvalue weighted by atomic mass is 35.5. The Bertz CT molecular complexity index is 593. The van der Waals surface area contributed by atoms with E-state index in [0.717, 1.165) is 5.56 Å². The molecule has 3 heteroatoms. The fourth-order valence-corrected chi connectivity index (χ4v) is 2.02. The van der Waals surface area contributed by atoms with Gasteiger partial charge in [0.1, 0.15) is 5.82 Å². The Hall–Kier alpha value is -1.67. The molecule has 0 aliphatic rings. The molecule has 0 heterocycles. The van der Waals surface area contributed by atoms with Gasteiger partial charge in [-0.15, -0.1) is 0 Å². The second-order valence-corrected chi connectivity index (χ2v) is 4.56. The van der Waals surface area contributed by atoms with Gasteiger partial charge in [0.2, 0.25) is 0 Å². The van der Waals surface area contributed by atoms with E-state index in [1.807, 2.05) is 25.1 Å². The molecule has 2 aromatic carbocycles. The van der Waals surface area contributed by atoms with Crippen LogP contribution < -0.4 is 0 Å². The second-order valence-electron chi connectivity index (χ2n) is 4.15. The normalized spacial score (nSPS) is 10.4. The molecule has 0 spiro atoms. The molecule has 0 atom stereocenters. The van der Waals surface area contributed by atoms with Crippen LogP contribution in [0.5, 0.6) is 0 Å². The van der Waals surface area contributed by atoms with Crippen molar-refractivity contribution in [2.45, 2.75) is 13.3 Å². The highest BCUT2D eigenvalue weighted by Crippen LogP contribution is 2.20. The van der Waals surface area contributed by atoms with Gasteiger partial charge in [-0.25, -0.2) is 4.39 Å². The number of carbonyl (C=O) groups is 1. The van der Waals surface area contributed by atoms with Crippen molar-refractivity contribution < 1.29 is 9.18 Å². The summed E-state index contributed by atoms with van der Waals surface area (Å²) in [6.07, 6.45) is 0.113. The van der Waals surface area contributed by atoms with E-state index in [2.05, 4.69) is 0 Å². The Morgan fingerprint density at radius 3 is 2.67 bits per heavy atom. The summed E-state index contributed by atoms with van der Waals surface area (Å²) in [6.45, 7) is 1.88. The molecule has 0 radical (unpaired) electrons. The third kappa shape index (κ3) is 2.77. The number of carbonyl (C=O) groups excluding carboxylic acids is 1. The molecule has 0 fully saturated rings. The maximum Gasteiger partial charge on any atom is 0.167 e. The first-order valence-electron chi connectivity index (χ1n) is 5.60. The first-order valence-corrected chi connectivity index (χ1v) is 5.98. The maximum atomic E-state index is 13.1. The van der Waals surface area contributed by atoms with Gasteiger partial charge < -0.3 is 0 Å². The zero-order valence-electron chi connectivity index (χ0n) is 9.91. The third-order valence-corrected chi connectivity index (χ3v) is 3.17. The van der Waals surface area contributed by atoms with Gasteiger partial charge in [-0.2, -0.15) is 0 Å². The van der Waals surface area contributed by atoms with Crippen LogP contribution in [-0.4, -0.2) is 5.78 Å². The predicted octanol–water partition coefficient (Wildman–Crippen LogP) is 4.21. The number of Topliss-reactive ketones (excluding diaryl/α,β-unsaturated/α-hetero) is 1. The minimum atomic E-state index is -0.382. The van der Waals surface area contributed by atoms with E-state index in [1.54, 1.807) is 6.07 Å². The lowest BCUT2D eigenvalue weighted by Gasteiger charge is -2.06. The molecule has 0 unspecified atom stereocenters. The number of hydrogen-bond acceptors (Lipinski definition) is 1. The third-order valence-electron chi connectivity index (χ3n) is 2.80. The second kappa shape index (κ2) is 5.32. The van der Waals surface area contributed by atoms with Gasteiger partial charge in [0, 0.05) is 17.0 Å². The zero-order chi connectivity index (χ0) is 13.1. The Labute approximate surface area is 110 Å². The number of ketones is 1. The fourth-order valence-electron chi connectivity index (χ4n) is 1.83. The molecule has 0 N–H and O–H groups in total. The van der Waals surface area contributed by atoms with Crippen molar-refractivity contribution in [1.29, 1.82) is 0 Å². The van der Waals surface area contributed by atoms with Crippen LogP contribution in [0.3, 0.4) is 0 Å². The molecular formula is C15H12ClFO. The summed E-state index contributed by atoms with van der Waals surface area (Å²) < 4.78 is 13.1. The van der Waals surface area contributed by atoms with E-state index in [4.69, 9.17) is 11.6 Å². The lowest BCUT2D eigenvalue weighted by molar-refractivity contribution is 0.0992. The van der Waals surface area contributed by atoms with E-state index in [-0.39, 0.29) is 18.0 Å². The van der Waals surface area contributed by atoms with Crippen LogP contribution in [0.2, 0.25) is 5.02 Å². The van der Waals surface area contributed by atoms with Gasteiger partial charge in [-0.3, -0.25) is 4.79 Å². The highest BCUT2D eigenvalue weighted by Gasteiger charge is 2.12. The molecule has 1 nitrogen and oxygen atoms in total. The van der Waals surface area contributed by atoms with Crippen molar-refractivity contribution >= 4 is 17.4 Å². The summed E-state index contributed by atoms with van der Waals surface area (Å²) in [5.74, 6) is -0.437. The van der Waals surface area contributed by atoms with Gasteiger partial charge in [-0.05, 0) is 36.2 Å². The summed E-state index contributed by atoms with van der Waals surface area (Å²) in [4.78, 5) is 12.1. The summed E-state index contributed by atoms with van der Waals surface area (Å²) in [6, 6.07) is 11.4. The summed E-state index contributed by atoms with van der Waals surface area (Å²) in [5.41, 5.74) is 2.08. The minimum absolute atomic E-state index is 0.0550. The Morgan fingerprint density at radius 1 is 1.22 bits per heavy atom. The average Bonchev–Trinajstić information content (AvgIpc) is 2.34. The van der Waals surface area contributed by atoms with E-state index < -0.39 is 0 Å². The van der Waals surface area contributed by atoms with Crippen LogP contribution in [0.1, 0.15) is 21.5 Å². The van der Waals surface area contributed by atoms with E-state index in [0.29, 0.717) is 16.1 Å². The van der Waals surface area contributed by atoms with Crippen molar-refractivity contribution in [1.82, 2.24) is 0 Å². The van der Waals surface area contributed by atoms with Crippen molar-refractivity contribution in [3.63, 3.8) is 0 Å². The van der Waals surface area contributed by atoms with Crippen molar-refractivity contribution in [3.8, 4) is 0 Å². The smallest absolute Gasteiger partial charge is 0.167 e. The summed E-state index contributed by atoms with van der Waals surface area (Å²) in [7, 11) is 0. The molecule has 2 aromatic rings. The Kier molecular flexibility index (Phi) is 3.78. The molecule has 18 heavy (non-hydrogen) atoms. The van der Waals surface area contributed by atoms with Crippen molar-refractivity contribution in [2.24, 2.45) is 0 Å². The standard InChI is InChI=1S/C15H12ClFO/c1-10-4-2-3-5-13(10)15(18)9-11-8-12(17)6-7-14(11)16/h2-8H,9H2,1H3. The number of rotatable bonds is 3. The summed E-state index contributed by atoms with van der Waals surface area (Å²) in [5, 5.41) is 0.415. The van der Waals surface area contributed by atoms with Crippen LogP contribution in [0.4, 0.5) is 4.39 Å². The molecule has 0 aromatic heterocycles. The first kappa shape index (κ1) is 12.8. The minimum Gasteiger partial charge on any atom is -0.294 e. The van der Waals surface area contributed by atoms with Gasteiger partial charge in [0.05, 0.1) is 0 Å². The fraction of sp³-hybridized carbons (Fsp3) is 0.133. The molecule has 0 saturated carbocycles. The van der Waals surface area contributed by atoms with Gasteiger partial charge in [0.15, 0.2) is 5.78 Å². The molecule has 92 valence electrons. The predicted molar refractivity (Wildman–Crippen MR) is 70.6 cm³/mol. The monoisotopic (exact) mass is 262 g/mol. The van der Waals surface area contributed by atoms with Crippen LogP contribution in [0.15, 0.2) is 42.5 Å². The van der Waals surface area contributed by atoms with Crippen LogP contribution in [-0.2, 0) is 6.42 Å². The molecule has 2 rings (SSSR count). The van der Waals surface area contributed by atoms with Crippen molar-refractivity contribution in [2.75, 3.05) is 0 Å². The van der Waals surface area contributed by atoms with E-state index in [1.165, 1.54) is 18.2 Å². The van der Waals surface area contributed by atoms with E-state index in [9.17, 15) is 9.18 Å². The molecule has 0 amide bonds. The van der Waals surface area contributed by atoms with Crippen LogP contribution >= 0.6 is 11.6 Å². The molecule has 0 saturated heterocycles. The van der Waals surface area contributed by atoms with Crippen LogP contribution in [0, 0.1) is 12.7 Å². The molecular weight excluding hydrogens is 251 g/mol. The topological polar surface area (TPSA) is 17.1 Å². The number of aryl methyl sites for hydroxylation is 1. The molecule has 0 bridgehead atoms. The highest BCUT2D eigenvalue weighted by molar-refractivity contribution is 6.31. The number of halogens is 2. The molecule has 0 aliphatic carbocycles. The van der Waals surface area contributed by atoms with Crippen LogP contribution in [0.25, 0.3) is 0 Å². The molecule has 0 aliphatic heterocycles. The quantitative estimate of drug-likeness (QED) is 0.757. The average molecular weight is 263 g/mol. The maximum absolute atomic E-state index is 13.1. The van der Waals surface area contributed by atoms with Gasteiger partial charge in [-0.1, -0.05) is 35.9 Å². The largest absolute Gasteiger partial charge is 0.294 e. The van der Waals surface area contributed by atoms with Gasteiger partial charge >= 0.3 is 0 Å². The van der Waals surface area contributed by atoms with Crippen molar-refractivity contribution in [3.05, 3.63) is 70.0 Å². The Morgan fingerprint density at radius 2 is 1.94 bits per heavy atom.